The van der Waals surface area contributed by atoms with Gasteiger partial charge in [-0.1, -0.05) is 31.4 Å². The smallest absolute Gasteiger partial charge is 0.335 e. The zero-order valence-electron chi connectivity index (χ0n) is 19.2. The third-order valence-electron chi connectivity index (χ3n) is 6.82. The van der Waals surface area contributed by atoms with Crippen LogP contribution in [0.3, 0.4) is 0 Å². The predicted molar refractivity (Wildman–Crippen MR) is 128 cm³/mol. The Kier molecular flexibility index (Phi) is 8.00. The van der Waals surface area contributed by atoms with Crippen molar-refractivity contribution in [3.8, 4) is 11.5 Å². The van der Waals surface area contributed by atoms with Crippen LogP contribution < -0.4 is 10.1 Å². The van der Waals surface area contributed by atoms with Gasteiger partial charge in [0.2, 0.25) is 5.91 Å². The van der Waals surface area contributed by atoms with Crippen LogP contribution in [-0.4, -0.2) is 41.0 Å². The number of carbonyl (C=O) groups is 2. The largest absolute Gasteiger partial charge is 0.478 e. The number of nitrogens with one attached hydrogen (secondary N) is 1. The molecule has 33 heavy (non-hydrogen) atoms. The van der Waals surface area contributed by atoms with Crippen LogP contribution in [0, 0.1) is 5.92 Å². The Bertz CT molecular complexity index is 912. The van der Waals surface area contributed by atoms with Gasteiger partial charge in [-0.15, -0.1) is 0 Å². The molecule has 1 aliphatic heterocycles. The quantitative estimate of drug-likeness (QED) is 0.576. The first-order valence-corrected chi connectivity index (χ1v) is 12.2. The lowest BCUT2D eigenvalue weighted by Gasteiger charge is -2.32. The second-order valence-electron chi connectivity index (χ2n) is 9.40. The van der Waals surface area contributed by atoms with Crippen LogP contribution >= 0.6 is 0 Å². The van der Waals surface area contributed by atoms with Gasteiger partial charge in [-0.2, -0.15) is 0 Å². The molecule has 2 aromatic carbocycles. The van der Waals surface area contributed by atoms with E-state index >= 15 is 0 Å². The third kappa shape index (κ3) is 7.06. The molecule has 2 N–H and O–H groups in total. The Balaban J connectivity index is 1.18. The van der Waals surface area contributed by atoms with E-state index in [0.29, 0.717) is 24.1 Å². The van der Waals surface area contributed by atoms with Crippen molar-refractivity contribution in [3.63, 3.8) is 0 Å². The Labute approximate surface area is 195 Å². The van der Waals surface area contributed by atoms with E-state index in [2.05, 4.69) is 22.3 Å². The van der Waals surface area contributed by atoms with Crippen LogP contribution in [0.2, 0.25) is 0 Å². The van der Waals surface area contributed by atoms with E-state index < -0.39 is 5.97 Å². The molecule has 2 fully saturated rings. The van der Waals surface area contributed by atoms with Crippen LogP contribution in [-0.2, 0) is 11.3 Å². The average Bonchev–Trinajstić information content (AvgIpc) is 2.82. The molecule has 176 valence electrons. The summed E-state index contributed by atoms with van der Waals surface area (Å²) in [5, 5.41) is 12.3. The first kappa shape index (κ1) is 23.3. The molecule has 2 aliphatic rings. The minimum atomic E-state index is -0.947. The predicted octanol–water partition coefficient (Wildman–Crippen LogP) is 5.23. The molecule has 2 aromatic rings. The fraction of sp³-hybridized carbons (Fsp3) is 0.481. The summed E-state index contributed by atoms with van der Waals surface area (Å²) in [7, 11) is 0. The average molecular weight is 451 g/mol. The number of carbonyl (C=O) groups excluding carboxylic acids is 1. The lowest BCUT2D eigenvalue weighted by molar-refractivity contribution is -0.123. The molecule has 1 saturated carbocycles. The van der Waals surface area contributed by atoms with Crippen molar-refractivity contribution in [1.82, 2.24) is 10.2 Å². The summed E-state index contributed by atoms with van der Waals surface area (Å²) < 4.78 is 5.82. The number of benzene rings is 2. The van der Waals surface area contributed by atoms with E-state index in [1.807, 2.05) is 12.1 Å². The van der Waals surface area contributed by atoms with E-state index in [0.717, 1.165) is 38.2 Å². The van der Waals surface area contributed by atoms with Crippen molar-refractivity contribution >= 4 is 11.9 Å². The molecule has 1 aliphatic carbocycles. The van der Waals surface area contributed by atoms with Gasteiger partial charge in [-0.3, -0.25) is 9.69 Å². The van der Waals surface area contributed by atoms with Gasteiger partial charge in [0.1, 0.15) is 11.5 Å². The molecule has 0 atom stereocenters. The monoisotopic (exact) mass is 450 g/mol. The Morgan fingerprint density at radius 1 is 0.879 bits per heavy atom. The van der Waals surface area contributed by atoms with Crippen LogP contribution in [0.5, 0.6) is 11.5 Å². The summed E-state index contributed by atoms with van der Waals surface area (Å²) in [4.78, 5) is 25.8. The van der Waals surface area contributed by atoms with Gasteiger partial charge in [-0.05, 0) is 73.6 Å². The summed E-state index contributed by atoms with van der Waals surface area (Å²) in [6.07, 6.45) is 9.03. The molecule has 0 unspecified atom stereocenters. The number of nitrogens with zero attached hydrogens (tertiary/aromatic N) is 1. The molecule has 1 amide bonds. The van der Waals surface area contributed by atoms with E-state index in [-0.39, 0.29) is 11.5 Å². The summed E-state index contributed by atoms with van der Waals surface area (Å²) >= 11 is 0. The number of hydrogen-bond acceptors (Lipinski definition) is 4. The summed E-state index contributed by atoms with van der Waals surface area (Å²) in [5.41, 5.74) is 1.47. The van der Waals surface area contributed by atoms with Gasteiger partial charge in [0.15, 0.2) is 0 Å². The summed E-state index contributed by atoms with van der Waals surface area (Å²) in [5.74, 6) is 1.22. The number of amides is 1. The molecule has 6 heteroatoms. The van der Waals surface area contributed by atoms with Crippen molar-refractivity contribution < 1.29 is 19.4 Å². The molecule has 4 rings (SSSR count). The molecule has 0 aromatic heterocycles. The van der Waals surface area contributed by atoms with E-state index in [4.69, 9.17) is 9.84 Å². The zero-order valence-corrected chi connectivity index (χ0v) is 19.2. The number of ether oxygens (including phenoxy) is 1. The summed E-state index contributed by atoms with van der Waals surface area (Å²) in [6, 6.07) is 14.7. The topological polar surface area (TPSA) is 78.9 Å². The lowest BCUT2D eigenvalue weighted by Crippen LogP contribution is -2.44. The molecule has 0 radical (unpaired) electrons. The third-order valence-corrected chi connectivity index (χ3v) is 6.82. The number of aromatic carboxylic acids is 1. The minimum absolute atomic E-state index is 0.241. The van der Waals surface area contributed by atoms with Crippen LogP contribution in [0.4, 0.5) is 0 Å². The van der Waals surface area contributed by atoms with Crippen molar-refractivity contribution in [2.24, 2.45) is 5.92 Å². The van der Waals surface area contributed by atoms with Crippen molar-refractivity contribution in [2.45, 2.75) is 64.0 Å². The molecular formula is C27H34N2O4. The second kappa shape index (κ2) is 11.3. The van der Waals surface area contributed by atoms with Crippen LogP contribution in [0.1, 0.15) is 67.3 Å². The standard InChI is InChI=1S/C27H34N2O4/c30-26(18-20-4-2-1-3-5-20)28-23-14-16-29(17-15-23)19-21-6-10-24(11-7-21)33-25-12-8-22(9-13-25)27(31)32/h6-13,20,23H,1-5,14-19H2,(H,28,30)(H,31,32). The highest BCUT2D eigenvalue weighted by atomic mass is 16.5. The molecule has 0 bridgehead atoms. The lowest BCUT2D eigenvalue weighted by atomic mass is 9.86. The van der Waals surface area contributed by atoms with Crippen LogP contribution in [0.25, 0.3) is 0 Å². The van der Waals surface area contributed by atoms with Crippen molar-refractivity contribution in [3.05, 3.63) is 59.7 Å². The molecule has 1 heterocycles. The number of likely N-dealkylation sites (tertiary alicyclic amines) is 1. The van der Waals surface area contributed by atoms with Gasteiger partial charge in [0.05, 0.1) is 5.56 Å². The van der Waals surface area contributed by atoms with Crippen molar-refractivity contribution in [2.75, 3.05) is 13.1 Å². The van der Waals surface area contributed by atoms with Gasteiger partial charge in [-0.25, -0.2) is 4.79 Å². The fourth-order valence-corrected chi connectivity index (χ4v) is 4.90. The number of carboxylic acid groups (broad SMARTS) is 1. The van der Waals surface area contributed by atoms with Gasteiger partial charge in [0, 0.05) is 32.1 Å². The van der Waals surface area contributed by atoms with E-state index in [9.17, 15) is 9.59 Å². The highest BCUT2D eigenvalue weighted by Gasteiger charge is 2.23. The Morgan fingerprint density at radius 3 is 2.09 bits per heavy atom. The first-order valence-electron chi connectivity index (χ1n) is 12.2. The maximum atomic E-state index is 12.4. The molecule has 0 spiro atoms. The normalized spacial score (nSPS) is 18.1. The highest BCUT2D eigenvalue weighted by Crippen LogP contribution is 2.26. The maximum absolute atomic E-state index is 12.4. The Morgan fingerprint density at radius 2 is 1.48 bits per heavy atom. The molecule has 1 saturated heterocycles. The van der Waals surface area contributed by atoms with E-state index in [1.165, 1.54) is 49.8 Å². The van der Waals surface area contributed by atoms with Crippen molar-refractivity contribution in [1.29, 1.82) is 0 Å². The SMILES string of the molecule is O=C(CC1CCCCC1)NC1CCN(Cc2ccc(Oc3ccc(C(=O)O)cc3)cc2)CC1. The van der Waals surface area contributed by atoms with Crippen LogP contribution in [0.15, 0.2) is 48.5 Å². The van der Waals surface area contributed by atoms with Gasteiger partial charge >= 0.3 is 5.97 Å². The number of rotatable bonds is 8. The number of piperidine rings is 1. The summed E-state index contributed by atoms with van der Waals surface area (Å²) in [6.45, 7) is 2.86. The van der Waals surface area contributed by atoms with Gasteiger partial charge < -0.3 is 15.2 Å². The minimum Gasteiger partial charge on any atom is -0.478 e. The number of carboxylic acids is 1. The zero-order chi connectivity index (χ0) is 23.0. The maximum Gasteiger partial charge on any atom is 0.335 e. The number of hydrogen-bond donors (Lipinski definition) is 2. The fourth-order valence-electron chi connectivity index (χ4n) is 4.90. The Hall–Kier alpha value is -2.86. The first-order chi connectivity index (χ1) is 16.0. The molecule has 6 nitrogen and oxygen atoms in total. The molecular weight excluding hydrogens is 416 g/mol. The van der Waals surface area contributed by atoms with E-state index in [1.54, 1.807) is 12.1 Å². The highest BCUT2D eigenvalue weighted by molar-refractivity contribution is 5.87. The second-order valence-corrected chi connectivity index (χ2v) is 9.40. The van der Waals surface area contributed by atoms with Gasteiger partial charge in [0.25, 0.3) is 0 Å².